The summed E-state index contributed by atoms with van der Waals surface area (Å²) in [5, 5.41) is 4.05. The minimum Gasteiger partial charge on any atom is -0.335 e. The van der Waals surface area contributed by atoms with Crippen LogP contribution in [0.25, 0.3) is 45.5 Å². The molecule has 0 radical (unpaired) electrons. The van der Waals surface area contributed by atoms with Gasteiger partial charge in [0.15, 0.2) is 11.5 Å². The van der Waals surface area contributed by atoms with Crippen molar-refractivity contribution in [2.75, 3.05) is 0 Å². The van der Waals surface area contributed by atoms with Crippen LogP contribution in [0.3, 0.4) is 0 Å². The monoisotopic (exact) mass is 354 g/mol. The van der Waals surface area contributed by atoms with E-state index in [-0.39, 0.29) is 0 Å². The second kappa shape index (κ2) is 5.14. The van der Waals surface area contributed by atoms with Crippen LogP contribution in [-0.2, 0) is 0 Å². The molecular formula is C17H10N10. The Labute approximate surface area is 150 Å². The van der Waals surface area contributed by atoms with Crippen LogP contribution in [0.15, 0.2) is 55.5 Å². The van der Waals surface area contributed by atoms with Crippen LogP contribution in [0.5, 0.6) is 0 Å². The first-order valence-electron chi connectivity index (χ1n) is 8.16. The lowest BCUT2D eigenvalue weighted by molar-refractivity contribution is 0.939. The largest absolute Gasteiger partial charge is 0.335 e. The van der Waals surface area contributed by atoms with Crippen LogP contribution in [0.4, 0.5) is 0 Å². The highest BCUT2D eigenvalue weighted by Gasteiger charge is 2.12. The minimum atomic E-state index is 0.513. The van der Waals surface area contributed by atoms with E-state index in [0.717, 1.165) is 16.8 Å². The number of imidazole rings is 2. The topological polar surface area (TPSA) is 115 Å². The number of pyridine rings is 1. The molecule has 128 valence electrons. The molecule has 0 spiro atoms. The Bertz CT molecular complexity index is 1410. The summed E-state index contributed by atoms with van der Waals surface area (Å²) in [6, 6.07) is 5.66. The second-order valence-corrected chi connectivity index (χ2v) is 5.95. The standard InChI is InChI=1S/C17H10N10/c1-3-18-16-24-13(8-26(16)4-1)10-6-12-14(19-7-10)25-15(22-12)11-2-5-27-17(23-11)20-9-21-27/h1-9H,(H,19,22,25). The molecule has 6 aromatic heterocycles. The molecule has 0 aromatic carbocycles. The van der Waals surface area contributed by atoms with Crippen molar-refractivity contribution < 1.29 is 0 Å². The van der Waals surface area contributed by atoms with Gasteiger partial charge in [-0.25, -0.2) is 29.4 Å². The van der Waals surface area contributed by atoms with Crippen molar-refractivity contribution in [3.8, 4) is 22.8 Å². The predicted octanol–water partition coefficient (Wildman–Crippen LogP) is 1.77. The number of nitrogens with one attached hydrogen (secondary N) is 1. The van der Waals surface area contributed by atoms with Crippen molar-refractivity contribution in [1.82, 2.24) is 48.9 Å². The molecule has 0 unspecified atom stereocenters. The van der Waals surface area contributed by atoms with Gasteiger partial charge in [0, 0.05) is 36.5 Å². The number of aromatic nitrogens is 10. The highest BCUT2D eigenvalue weighted by Crippen LogP contribution is 2.23. The molecule has 0 saturated carbocycles. The van der Waals surface area contributed by atoms with Crippen molar-refractivity contribution >= 4 is 22.7 Å². The summed E-state index contributed by atoms with van der Waals surface area (Å²) in [5.41, 5.74) is 3.76. The molecule has 0 aliphatic heterocycles. The van der Waals surface area contributed by atoms with Crippen LogP contribution in [0, 0.1) is 0 Å². The smallest absolute Gasteiger partial charge is 0.252 e. The summed E-state index contributed by atoms with van der Waals surface area (Å²) in [4.78, 5) is 29.6. The summed E-state index contributed by atoms with van der Waals surface area (Å²) >= 11 is 0. The Balaban J connectivity index is 1.46. The first-order chi connectivity index (χ1) is 13.3. The normalized spacial score (nSPS) is 11.7. The second-order valence-electron chi connectivity index (χ2n) is 5.95. The molecular weight excluding hydrogens is 344 g/mol. The number of hydrogen-bond acceptors (Lipinski definition) is 7. The molecule has 0 amide bonds. The third kappa shape index (κ3) is 2.16. The Morgan fingerprint density at radius 3 is 2.85 bits per heavy atom. The molecule has 27 heavy (non-hydrogen) atoms. The highest BCUT2D eigenvalue weighted by molar-refractivity contribution is 5.80. The van der Waals surface area contributed by atoms with Gasteiger partial charge in [-0.3, -0.25) is 4.40 Å². The number of hydrogen-bond donors (Lipinski definition) is 1. The van der Waals surface area contributed by atoms with Gasteiger partial charge in [0.2, 0.25) is 5.78 Å². The summed E-state index contributed by atoms with van der Waals surface area (Å²) < 4.78 is 3.47. The average Bonchev–Trinajstić information content (AvgIpc) is 3.42. The van der Waals surface area contributed by atoms with Gasteiger partial charge in [-0.2, -0.15) is 10.1 Å². The molecule has 10 nitrogen and oxygen atoms in total. The summed E-state index contributed by atoms with van der Waals surface area (Å²) in [6.07, 6.45) is 10.6. The third-order valence-electron chi connectivity index (χ3n) is 4.26. The van der Waals surface area contributed by atoms with Gasteiger partial charge in [-0.15, -0.1) is 0 Å². The zero-order valence-corrected chi connectivity index (χ0v) is 13.7. The van der Waals surface area contributed by atoms with Gasteiger partial charge in [-0.05, 0) is 18.2 Å². The maximum absolute atomic E-state index is 4.53. The van der Waals surface area contributed by atoms with E-state index in [2.05, 4.69) is 40.0 Å². The number of aromatic amines is 1. The van der Waals surface area contributed by atoms with Gasteiger partial charge < -0.3 is 4.98 Å². The van der Waals surface area contributed by atoms with Crippen molar-refractivity contribution in [3.63, 3.8) is 0 Å². The fourth-order valence-electron chi connectivity index (χ4n) is 2.98. The van der Waals surface area contributed by atoms with Gasteiger partial charge >= 0.3 is 0 Å². The van der Waals surface area contributed by atoms with Gasteiger partial charge in [0.1, 0.15) is 12.0 Å². The third-order valence-corrected chi connectivity index (χ3v) is 4.26. The van der Waals surface area contributed by atoms with Crippen LogP contribution in [0.2, 0.25) is 0 Å². The molecule has 1 N–H and O–H groups in total. The summed E-state index contributed by atoms with van der Waals surface area (Å²) in [5.74, 6) is 1.78. The maximum Gasteiger partial charge on any atom is 0.252 e. The quantitative estimate of drug-likeness (QED) is 0.504. The lowest BCUT2D eigenvalue weighted by atomic mass is 10.2. The fraction of sp³-hybridized carbons (Fsp3) is 0. The van der Waals surface area contributed by atoms with Crippen molar-refractivity contribution in [2.45, 2.75) is 0 Å². The van der Waals surface area contributed by atoms with E-state index >= 15 is 0 Å². The molecule has 6 heterocycles. The van der Waals surface area contributed by atoms with Gasteiger partial charge in [0.05, 0.1) is 11.2 Å². The summed E-state index contributed by atoms with van der Waals surface area (Å²) in [7, 11) is 0. The molecule has 6 aromatic rings. The SMILES string of the molecule is c1cnc2nc(-c3cnc4nc(-c5ccn6ncnc6n5)[nH]c4c3)cn2c1. The number of rotatable bonds is 2. The Morgan fingerprint density at radius 2 is 1.89 bits per heavy atom. The lowest BCUT2D eigenvalue weighted by Gasteiger charge is -1.95. The van der Waals surface area contributed by atoms with Crippen LogP contribution in [0.1, 0.15) is 0 Å². The van der Waals surface area contributed by atoms with E-state index in [9.17, 15) is 0 Å². The predicted molar refractivity (Wildman–Crippen MR) is 95.6 cm³/mol. The lowest BCUT2D eigenvalue weighted by Crippen LogP contribution is -1.93. The number of fused-ring (bicyclic) bond motifs is 3. The first-order valence-corrected chi connectivity index (χ1v) is 8.16. The van der Waals surface area contributed by atoms with E-state index in [0.29, 0.717) is 28.7 Å². The molecule has 0 fully saturated rings. The molecule has 0 atom stereocenters. The Morgan fingerprint density at radius 1 is 0.926 bits per heavy atom. The Kier molecular flexibility index (Phi) is 2.67. The van der Waals surface area contributed by atoms with E-state index in [1.165, 1.54) is 6.33 Å². The van der Waals surface area contributed by atoms with Gasteiger partial charge in [-0.1, -0.05) is 0 Å². The van der Waals surface area contributed by atoms with Crippen molar-refractivity contribution in [3.05, 3.63) is 55.5 Å². The van der Waals surface area contributed by atoms with Crippen molar-refractivity contribution in [2.24, 2.45) is 0 Å². The molecule has 0 bridgehead atoms. The minimum absolute atomic E-state index is 0.513. The average molecular weight is 354 g/mol. The van der Waals surface area contributed by atoms with E-state index in [4.69, 9.17) is 0 Å². The zero-order valence-electron chi connectivity index (χ0n) is 13.7. The van der Waals surface area contributed by atoms with Crippen LogP contribution >= 0.6 is 0 Å². The Hall–Kier alpha value is -4.21. The van der Waals surface area contributed by atoms with Crippen LogP contribution < -0.4 is 0 Å². The van der Waals surface area contributed by atoms with Crippen molar-refractivity contribution in [1.29, 1.82) is 0 Å². The van der Waals surface area contributed by atoms with E-state index in [1.54, 1.807) is 23.1 Å². The number of H-pyrrole nitrogens is 1. The fourth-order valence-corrected chi connectivity index (χ4v) is 2.98. The molecule has 0 aliphatic carbocycles. The molecule has 10 heteroatoms. The van der Waals surface area contributed by atoms with E-state index in [1.807, 2.05) is 35.0 Å². The molecule has 0 aliphatic rings. The summed E-state index contributed by atoms with van der Waals surface area (Å²) in [6.45, 7) is 0. The zero-order chi connectivity index (χ0) is 17.8. The highest BCUT2D eigenvalue weighted by atomic mass is 15.3. The number of nitrogens with zero attached hydrogens (tertiary/aromatic N) is 9. The molecule has 0 saturated heterocycles. The first kappa shape index (κ1) is 14.0. The van der Waals surface area contributed by atoms with E-state index < -0.39 is 0 Å². The van der Waals surface area contributed by atoms with Crippen LogP contribution in [-0.4, -0.2) is 48.9 Å². The van der Waals surface area contributed by atoms with Gasteiger partial charge in [0.25, 0.3) is 5.78 Å². The molecule has 6 rings (SSSR count). The maximum atomic E-state index is 4.53.